The SMILES string of the molecule is CC1=C2CCC[C@H](O)[C@@]2(C)CC(=Cc2ccc(C#CC3CCCCC3)cc2)C1=O. The Morgan fingerprint density at radius 2 is 1.79 bits per heavy atom. The van der Waals surface area contributed by atoms with Gasteiger partial charge in [-0.2, -0.15) is 0 Å². The van der Waals surface area contributed by atoms with Crippen LogP contribution in [-0.4, -0.2) is 17.0 Å². The largest absolute Gasteiger partial charge is 0.392 e. The lowest BCUT2D eigenvalue weighted by Gasteiger charge is -2.45. The first-order valence-electron chi connectivity index (χ1n) is 11.2. The third-order valence-corrected chi connectivity index (χ3v) is 7.25. The molecule has 2 fully saturated rings. The molecule has 152 valence electrons. The number of carbonyl (C=O) groups excluding carboxylic acids is 1. The Morgan fingerprint density at radius 1 is 1.07 bits per heavy atom. The van der Waals surface area contributed by atoms with Gasteiger partial charge < -0.3 is 5.11 Å². The number of hydrogen-bond acceptors (Lipinski definition) is 2. The van der Waals surface area contributed by atoms with Crippen LogP contribution in [0.3, 0.4) is 0 Å². The van der Waals surface area contributed by atoms with E-state index in [9.17, 15) is 9.90 Å². The van der Waals surface area contributed by atoms with E-state index in [-0.39, 0.29) is 17.3 Å². The van der Waals surface area contributed by atoms with Gasteiger partial charge in [-0.15, -0.1) is 0 Å². The highest BCUT2D eigenvalue weighted by atomic mass is 16.3. The maximum Gasteiger partial charge on any atom is 0.184 e. The molecule has 0 bridgehead atoms. The Hall–Kier alpha value is -2.11. The molecule has 0 radical (unpaired) electrons. The van der Waals surface area contributed by atoms with E-state index in [0.717, 1.165) is 41.5 Å². The van der Waals surface area contributed by atoms with Gasteiger partial charge in [-0.05, 0) is 74.8 Å². The number of carbonyl (C=O) groups is 1. The van der Waals surface area contributed by atoms with E-state index in [4.69, 9.17) is 0 Å². The van der Waals surface area contributed by atoms with Crippen molar-refractivity contribution in [3.63, 3.8) is 0 Å². The number of hydrogen-bond donors (Lipinski definition) is 1. The van der Waals surface area contributed by atoms with Gasteiger partial charge >= 0.3 is 0 Å². The van der Waals surface area contributed by atoms with Crippen molar-refractivity contribution in [2.45, 2.75) is 77.7 Å². The number of Topliss-reactive ketones (excluding diaryl/α,β-unsaturated/α-hetero) is 1. The van der Waals surface area contributed by atoms with Gasteiger partial charge in [0.2, 0.25) is 0 Å². The number of aliphatic hydroxyl groups is 1. The van der Waals surface area contributed by atoms with Gasteiger partial charge in [0, 0.05) is 22.5 Å². The number of allylic oxidation sites excluding steroid dienone is 2. The smallest absolute Gasteiger partial charge is 0.184 e. The molecule has 2 saturated carbocycles. The molecule has 0 saturated heterocycles. The molecule has 1 N–H and O–H groups in total. The summed E-state index contributed by atoms with van der Waals surface area (Å²) >= 11 is 0. The van der Waals surface area contributed by atoms with Crippen molar-refractivity contribution in [2.24, 2.45) is 11.3 Å². The molecule has 4 rings (SSSR count). The Labute approximate surface area is 175 Å². The monoisotopic (exact) mass is 388 g/mol. The Bertz CT molecular complexity index is 900. The van der Waals surface area contributed by atoms with E-state index < -0.39 is 0 Å². The van der Waals surface area contributed by atoms with E-state index in [1.165, 1.54) is 37.7 Å². The number of benzene rings is 1. The fourth-order valence-electron chi connectivity index (χ4n) is 5.38. The summed E-state index contributed by atoms with van der Waals surface area (Å²) in [5.74, 6) is 7.47. The molecule has 3 aliphatic rings. The highest BCUT2D eigenvalue weighted by molar-refractivity contribution is 6.12. The van der Waals surface area contributed by atoms with Gasteiger partial charge in [-0.3, -0.25) is 4.79 Å². The molecular formula is C27H32O2. The van der Waals surface area contributed by atoms with Crippen molar-refractivity contribution in [1.82, 2.24) is 0 Å². The molecule has 0 unspecified atom stereocenters. The summed E-state index contributed by atoms with van der Waals surface area (Å²) < 4.78 is 0. The molecule has 0 spiro atoms. The quantitative estimate of drug-likeness (QED) is 0.484. The van der Waals surface area contributed by atoms with Gasteiger partial charge in [0.1, 0.15) is 0 Å². The zero-order valence-electron chi connectivity index (χ0n) is 17.8. The summed E-state index contributed by atoms with van der Waals surface area (Å²) in [6.45, 7) is 4.06. The van der Waals surface area contributed by atoms with Crippen LogP contribution >= 0.6 is 0 Å². The average molecular weight is 389 g/mol. The van der Waals surface area contributed by atoms with Crippen LogP contribution in [0.4, 0.5) is 0 Å². The van der Waals surface area contributed by atoms with E-state index in [1.54, 1.807) is 0 Å². The van der Waals surface area contributed by atoms with Crippen LogP contribution in [0.2, 0.25) is 0 Å². The third kappa shape index (κ3) is 4.12. The van der Waals surface area contributed by atoms with Crippen LogP contribution in [-0.2, 0) is 4.79 Å². The fraction of sp³-hybridized carbons (Fsp3) is 0.519. The van der Waals surface area contributed by atoms with Crippen molar-refractivity contribution >= 4 is 11.9 Å². The van der Waals surface area contributed by atoms with Crippen LogP contribution in [0.1, 0.15) is 82.8 Å². The second-order valence-corrected chi connectivity index (χ2v) is 9.33. The Kier molecular flexibility index (Phi) is 5.79. The molecule has 2 atom stereocenters. The van der Waals surface area contributed by atoms with Crippen molar-refractivity contribution in [1.29, 1.82) is 0 Å². The lowest BCUT2D eigenvalue weighted by Crippen LogP contribution is -2.42. The molecule has 29 heavy (non-hydrogen) atoms. The predicted molar refractivity (Wildman–Crippen MR) is 118 cm³/mol. The minimum atomic E-state index is -0.366. The second-order valence-electron chi connectivity index (χ2n) is 9.33. The fourth-order valence-corrected chi connectivity index (χ4v) is 5.38. The van der Waals surface area contributed by atoms with Crippen LogP contribution in [0.15, 0.2) is 41.0 Å². The molecular weight excluding hydrogens is 356 g/mol. The first-order chi connectivity index (χ1) is 14.0. The minimum Gasteiger partial charge on any atom is -0.392 e. The van der Waals surface area contributed by atoms with Crippen LogP contribution in [0, 0.1) is 23.2 Å². The van der Waals surface area contributed by atoms with Crippen molar-refractivity contribution in [3.8, 4) is 11.8 Å². The normalized spacial score (nSPS) is 29.4. The maximum absolute atomic E-state index is 12.9. The van der Waals surface area contributed by atoms with Gasteiger partial charge in [0.15, 0.2) is 5.78 Å². The number of fused-ring (bicyclic) bond motifs is 1. The summed E-state index contributed by atoms with van der Waals surface area (Å²) in [5, 5.41) is 10.7. The summed E-state index contributed by atoms with van der Waals surface area (Å²) in [6, 6.07) is 8.22. The third-order valence-electron chi connectivity index (χ3n) is 7.25. The minimum absolute atomic E-state index is 0.146. The number of aliphatic hydroxyl groups excluding tert-OH is 1. The average Bonchev–Trinajstić information content (AvgIpc) is 2.74. The van der Waals surface area contributed by atoms with Crippen molar-refractivity contribution in [2.75, 3.05) is 0 Å². The van der Waals surface area contributed by atoms with Crippen molar-refractivity contribution < 1.29 is 9.90 Å². The van der Waals surface area contributed by atoms with Gasteiger partial charge in [-0.25, -0.2) is 0 Å². The van der Waals surface area contributed by atoms with Gasteiger partial charge in [0.05, 0.1) is 6.10 Å². The first-order valence-corrected chi connectivity index (χ1v) is 11.2. The Morgan fingerprint density at radius 3 is 2.52 bits per heavy atom. The van der Waals surface area contributed by atoms with Gasteiger partial charge in [-0.1, -0.05) is 55.7 Å². The zero-order valence-corrected chi connectivity index (χ0v) is 17.8. The van der Waals surface area contributed by atoms with Crippen LogP contribution < -0.4 is 0 Å². The lowest BCUT2D eigenvalue weighted by atomic mass is 9.61. The first kappa shape index (κ1) is 20.2. The molecule has 0 aromatic heterocycles. The zero-order chi connectivity index (χ0) is 20.4. The number of rotatable bonds is 1. The van der Waals surface area contributed by atoms with Crippen LogP contribution in [0.5, 0.6) is 0 Å². The molecule has 2 heteroatoms. The van der Waals surface area contributed by atoms with E-state index >= 15 is 0 Å². The molecule has 2 nitrogen and oxygen atoms in total. The standard InChI is InChI=1S/C27H32O2/c1-19-24-9-6-10-25(28)27(24,2)18-23(26(19)29)17-22-15-13-21(14-16-22)12-11-20-7-4-3-5-8-20/h13-17,20,25,28H,3-10,18H2,1-2H3/t25-,27-/m0/s1. The summed E-state index contributed by atoms with van der Waals surface area (Å²) in [5.41, 5.74) is 4.61. The molecule has 0 amide bonds. The lowest BCUT2D eigenvalue weighted by molar-refractivity contribution is -0.113. The highest BCUT2D eigenvalue weighted by Crippen LogP contribution is 2.50. The summed E-state index contributed by atoms with van der Waals surface area (Å²) in [6.07, 6.45) is 11.4. The van der Waals surface area contributed by atoms with E-state index in [1.807, 2.05) is 13.0 Å². The molecule has 1 aromatic rings. The number of ketones is 1. The van der Waals surface area contributed by atoms with Crippen molar-refractivity contribution in [3.05, 3.63) is 52.1 Å². The molecule has 3 aliphatic carbocycles. The Balaban J connectivity index is 1.54. The molecule has 0 aliphatic heterocycles. The van der Waals surface area contributed by atoms with E-state index in [2.05, 4.69) is 43.0 Å². The predicted octanol–water partition coefficient (Wildman–Crippen LogP) is 5.84. The van der Waals surface area contributed by atoms with Crippen LogP contribution in [0.25, 0.3) is 6.08 Å². The van der Waals surface area contributed by atoms with E-state index in [0.29, 0.717) is 12.3 Å². The second kappa shape index (κ2) is 8.33. The van der Waals surface area contributed by atoms with Gasteiger partial charge in [0.25, 0.3) is 0 Å². The molecule has 1 aromatic carbocycles. The highest BCUT2D eigenvalue weighted by Gasteiger charge is 2.45. The maximum atomic E-state index is 12.9. The summed E-state index contributed by atoms with van der Waals surface area (Å²) in [7, 11) is 0. The topological polar surface area (TPSA) is 37.3 Å². The summed E-state index contributed by atoms with van der Waals surface area (Å²) in [4.78, 5) is 12.9. The molecule has 0 heterocycles.